The summed E-state index contributed by atoms with van der Waals surface area (Å²) in [6.07, 6.45) is 3.92. The van der Waals surface area contributed by atoms with Gasteiger partial charge in [0.25, 0.3) is 0 Å². The molecule has 1 aliphatic carbocycles. The van der Waals surface area contributed by atoms with Gasteiger partial charge >= 0.3 is 0 Å². The molecule has 0 amide bonds. The molecule has 0 spiro atoms. The summed E-state index contributed by atoms with van der Waals surface area (Å²) in [5.74, 6) is 1.95. The van der Waals surface area contributed by atoms with Crippen LogP contribution in [0.5, 0.6) is 0 Å². The number of fused-ring (bicyclic) bond motifs is 1. The van der Waals surface area contributed by atoms with Crippen molar-refractivity contribution in [2.45, 2.75) is 31.1 Å². The van der Waals surface area contributed by atoms with E-state index in [9.17, 15) is 0 Å². The SMILES string of the molecule is CNCC(C)CSc1ccc2c(c1)CCC2. The monoisotopic (exact) mass is 235 g/mol. The lowest BCUT2D eigenvalue weighted by Crippen LogP contribution is -2.17. The zero-order chi connectivity index (χ0) is 11.4. The molecule has 0 heterocycles. The summed E-state index contributed by atoms with van der Waals surface area (Å²) < 4.78 is 0. The average Bonchev–Trinajstić information content (AvgIpc) is 2.74. The van der Waals surface area contributed by atoms with Gasteiger partial charge in [0.05, 0.1) is 0 Å². The van der Waals surface area contributed by atoms with Gasteiger partial charge in [-0.1, -0.05) is 13.0 Å². The van der Waals surface area contributed by atoms with Gasteiger partial charge in [0.1, 0.15) is 0 Å². The summed E-state index contributed by atoms with van der Waals surface area (Å²) in [6.45, 7) is 3.41. The van der Waals surface area contributed by atoms with Gasteiger partial charge < -0.3 is 5.32 Å². The van der Waals surface area contributed by atoms with Crippen LogP contribution in [0.2, 0.25) is 0 Å². The van der Waals surface area contributed by atoms with Crippen molar-refractivity contribution in [1.29, 1.82) is 0 Å². The number of benzene rings is 1. The maximum Gasteiger partial charge on any atom is 0.00749 e. The fourth-order valence-corrected chi connectivity index (χ4v) is 3.27. The smallest absolute Gasteiger partial charge is 0.00749 e. The molecule has 1 unspecified atom stereocenters. The van der Waals surface area contributed by atoms with E-state index in [1.54, 1.807) is 11.1 Å². The van der Waals surface area contributed by atoms with Crippen LogP contribution in [0.3, 0.4) is 0 Å². The first-order chi connectivity index (χ1) is 7.79. The summed E-state index contributed by atoms with van der Waals surface area (Å²) >= 11 is 1.99. The highest BCUT2D eigenvalue weighted by atomic mass is 32.2. The average molecular weight is 235 g/mol. The Labute approximate surface area is 103 Å². The molecule has 1 aromatic carbocycles. The fourth-order valence-electron chi connectivity index (χ4n) is 2.28. The minimum absolute atomic E-state index is 0.739. The van der Waals surface area contributed by atoms with E-state index in [0.29, 0.717) is 0 Å². The van der Waals surface area contributed by atoms with Gasteiger partial charge in [-0.2, -0.15) is 0 Å². The van der Waals surface area contributed by atoms with Crippen molar-refractivity contribution in [3.63, 3.8) is 0 Å². The third-order valence-corrected chi connectivity index (χ3v) is 4.48. The van der Waals surface area contributed by atoms with Gasteiger partial charge in [0.2, 0.25) is 0 Å². The lowest BCUT2D eigenvalue weighted by atomic mass is 10.1. The molecular formula is C14H21NS. The molecule has 0 saturated carbocycles. The van der Waals surface area contributed by atoms with Crippen LogP contribution in [0.4, 0.5) is 0 Å². The Morgan fingerprint density at radius 1 is 1.31 bits per heavy atom. The van der Waals surface area contributed by atoms with Crippen LogP contribution in [0.25, 0.3) is 0 Å². The van der Waals surface area contributed by atoms with E-state index in [2.05, 4.69) is 30.4 Å². The van der Waals surface area contributed by atoms with E-state index in [1.165, 1.54) is 29.9 Å². The van der Waals surface area contributed by atoms with E-state index in [0.717, 1.165) is 12.5 Å². The summed E-state index contributed by atoms with van der Waals surface area (Å²) in [5.41, 5.74) is 3.17. The third-order valence-electron chi connectivity index (χ3n) is 3.16. The Morgan fingerprint density at radius 2 is 2.12 bits per heavy atom. The van der Waals surface area contributed by atoms with Gasteiger partial charge in [-0.05, 0) is 62.0 Å². The maximum absolute atomic E-state index is 3.23. The fraction of sp³-hybridized carbons (Fsp3) is 0.571. The van der Waals surface area contributed by atoms with Crippen molar-refractivity contribution in [3.8, 4) is 0 Å². The zero-order valence-corrected chi connectivity index (χ0v) is 11.1. The van der Waals surface area contributed by atoms with E-state index in [1.807, 2.05) is 18.8 Å². The molecule has 0 aromatic heterocycles. The number of nitrogens with one attached hydrogen (secondary N) is 1. The number of rotatable bonds is 5. The highest BCUT2D eigenvalue weighted by molar-refractivity contribution is 7.99. The molecule has 1 aromatic rings. The molecule has 1 atom stereocenters. The minimum atomic E-state index is 0.739. The molecule has 0 saturated heterocycles. The van der Waals surface area contributed by atoms with Crippen molar-refractivity contribution in [3.05, 3.63) is 29.3 Å². The van der Waals surface area contributed by atoms with Crippen molar-refractivity contribution < 1.29 is 0 Å². The van der Waals surface area contributed by atoms with Gasteiger partial charge in [0.15, 0.2) is 0 Å². The molecule has 0 fully saturated rings. The third kappa shape index (κ3) is 3.02. The Hall–Kier alpha value is -0.470. The van der Waals surface area contributed by atoms with Crippen molar-refractivity contribution >= 4 is 11.8 Å². The van der Waals surface area contributed by atoms with Crippen LogP contribution in [-0.2, 0) is 12.8 Å². The molecule has 0 bridgehead atoms. The zero-order valence-electron chi connectivity index (χ0n) is 10.3. The number of hydrogen-bond acceptors (Lipinski definition) is 2. The largest absolute Gasteiger partial charge is 0.319 e. The second-order valence-corrected chi connectivity index (χ2v) is 5.85. The van der Waals surface area contributed by atoms with Crippen molar-refractivity contribution in [2.24, 2.45) is 5.92 Å². The second kappa shape index (κ2) is 5.74. The lowest BCUT2D eigenvalue weighted by Gasteiger charge is -2.10. The van der Waals surface area contributed by atoms with Gasteiger partial charge in [-0.15, -0.1) is 11.8 Å². The van der Waals surface area contributed by atoms with E-state index >= 15 is 0 Å². The molecule has 2 heteroatoms. The topological polar surface area (TPSA) is 12.0 Å². The predicted octanol–water partition coefficient (Wildman–Crippen LogP) is 3.12. The van der Waals surface area contributed by atoms with Crippen LogP contribution in [-0.4, -0.2) is 19.3 Å². The Balaban J connectivity index is 1.90. The van der Waals surface area contributed by atoms with E-state index < -0.39 is 0 Å². The van der Waals surface area contributed by atoms with Gasteiger partial charge in [-0.25, -0.2) is 0 Å². The van der Waals surface area contributed by atoms with Crippen LogP contribution in [0, 0.1) is 5.92 Å². The van der Waals surface area contributed by atoms with Gasteiger partial charge in [0, 0.05) is 10.6 Å². The molecule has 88 valence electrons. The van der Waals surface area contributed by atoms with Crippen LogP contribution >= 0.6 is 11.8 Å². The molecule has 1 aliphatic rings. The quantitative estimate of drug-likeness (QED) is 0.787. The normalized spacial score (nSPS) is 16.1. The number of aryl methyl sites for hydroxylation is 2. The molecule has 1 N–H and O–H groups in total. The Morgan fingerprint density at radius 3 is 2.94 bits per heavy atom. The summed E-state index contributed by atoms with van der Waals surface area (Å²) in [6, 6.07) is 7.02. The molecule has 0 aliphatic heterocycles. The summed E-state index contributed by atoms with van der Waals surface area (Å²) in [7, 11) is 2.02. The van der Waals surface area contributed by atoms with Gasteiger partial charge in [-0.3, -0.25) is 0 Å². The summed E-state index contributed by atoms with van der Waals surface area (Å²) in [5, 5.41) is 3.23. The second-order valence-electron chi connectivity index (χ2n) is 4.76. The van der Waals surface area contributed by atoms with Crippen LogP contribution in [0.1, 0.15) is 24.5 Å². The molecule has 2 rings (SSSR count). The summed E-state index contributed by atoms with van der Waals surface area (Å²) in [4.78, 5) is 1.45. The highest BCUT2D eigenvalue weighted by Crippen LogP contribution is 2.28. The Kier molecular flexibility index (Phi) is 4.30. The Bertz CT molecular complexity index is 349. The molecule has 16 heavy (non-hydrogen) atoms. The maximum atomic E-state index is 3.23. The first kappa shape index (κ1) is 12.0. The van der Waals surface area contributed by atoms with Crippen molar-refractivity contribution in [1.82, 2.24) is 5.32 Å². The standard InChI is InChI=1S/C14H21NS/c1-11(9-15-2)10-16-14-7-6-12-4-3-5-13(12)8-14/h6-8,11,15H,3-5,9-10H2,1-2H3. The predicted molar refractivity (Wildman–Crippen MR) is 72.3 cm³/mol. The number of hydrogen-bond donors (Lipinski definition) is 1. The van der Waals surface area contributed by atoms with Crippen molar-refractivity contribution in [2.75, 3.05) is 19.3 Å². The first-order valence-electron chi connectivity index (χ1n) is 6.19. The van der Waals surface area contributed by atoms with Crippen LogP contribution < -0.4 is 5.32 Å². The van der Waals surface area contributed by atoms with E-state index in [4.69, 9.17) is 0 Å². The molecular weight excluding hydrogens is 214 g/mol. The molecule has 1 nitrogen and oxygen atoms in total. The van der Waals surface area contributed by atoms with Crippen LogP contribution in [0.15, 0.2) is 23.1 Å². The molecule has 0 radical (unpaired) electrons. The number of thioether (sulfide) groups is 1. The lowest BCUT2D eigenvalue weighted by molar-refractivity contribution is 0.603. The minimum Gasteiger partial charge on any atom is -0.319 e. The van der Waals surface area contributed by atoms with E-state index in [-0.39, 0.29) is 0 Å². The highest BCUT2D eigenvalue weighted by Gasteiger charge is 2.11. The first-order valence-corrected chi connectivity index (χ1v) is 7.17.